The molecule has 1 aromatic rings. The number of hydrogen-bond donors (Lipinski definition) is 3. The Labute approximate surface area is 140 Å². The highest BCUT2D eigenvalue weighted by Gasteiger charge is 2.52. The van der Waals surface area contributed by atoms with E-state index in [2.05, 4.69) is 17.2 Å². The molecule has 0 spiro atoms. The van der Waals surface area contributed by atoms with Crippen molar-refractivity contribution >= 4 is 11.8 Å². The van der Waals surface area contributed by atoms with Crippen LogP contribution in [0.25, 0.3) is 0 Å². The minimum absolute atomic E-state index is 0.395. The average Bonchev–Trinajstić information content (AvgIpc) is 2.57. The largest absolute Gasteiger partial charge is 0.373 e. The maximum Gasteiger partial charge on any atom is 0.269 e. The Morgan fingerprint density at radius 2 is 1.96 bits per heavy atom. The van der Waals surface area contributed by atoms with Crippen molar-refractivity contribution in [3.8, 4) is 11.8 Å². The molecule has 3 N–H and O–H groups in total. The van der Waals surface area contributed by atoms with Gasteiger partial charge in [0.25, 0.3) is 11.8 Å². The van der Waals surface area contributed by atoms with Crippen molar-refractivity contribution < 1.29 is 19.5 Å². The zero-order valence-corrected chi connectivity index (χ0v) is 13.9. The number of likely N-dealkylation sites (N-methyl/N-ethyl adjacent to an activating group) is 1. The number of rotatable bonds is 5. The molecule has 1 atom stereocenters. The van der Waals surface area contributed by atoms with Gasteiger partial charge < -0.3 is 15.0 Å². The van der Waals surface area contributed by atoms with Crippen molar-refractivity contribution in [2.45, 2.75) is 18.6 Å². The fourth-order valence-corrected chi connectivity index (χ4v) is 2.86. The topological polar surface area (TPSA) is 90.9 Å². The van der Waals surface area contributed by atoms with E-state index in [1.54, 1.807) is 36.7 Å². The SMILES string of the molecule is CC#Cc1ccc(C(=O)NC(C(=O)NO)C2(OC)CN(C)C2)cc1. The van der Waals surface area contributed by atoms with Gasteiger partial charge in [0.1, 0.15) is 11.6 Å². The first kappa shape index (κ1) is 17.9. The number of nitrogens with zero attached hydrogens (tertiary/aromatic N) is 1. The van der Waals surface area contributed by atoms with E-state index in [-0.39, 0.29) is 0 Å². The van der Waals surface area contributed by atoms with Crippen LogP contribution in [0.2, 0.25) is 0 Å². The highest BCUT2D eigenvalue weighted by Crippen LogP contribution is 2.27. The van der Waals surface area contributed by atoms with Gasteiger partial charge in [-0.15, -0.1) is 5.92 Å². The fourth-order valence-electron chi connectivity index (χ4n) is 2.86. The molecule has 2 rings (SSSR count). The van der Waals surface area contributed by atoms with Crippen LogP contribution in [0.5, 0.6) is 0 Å². The van der Waals surface area contributed by atoms with Crippen LogP contribution in [0.3, 0.4) is 0 Å². The Hall–Kier alpha value is -2.40. The second-order valence-electron chi connectivity index (χ2n) is 5.78. The molecular weight excluding hydrogens is 310 g/mol. The van der Waals surface area contributed by atoms with Gasteiger partial charge >= 0.3 is 0 Å². The molecule has 1 aliphatic rings. The molecule has 0 aromatic heterocycles. The zero-order valence-electron chi connectivity index (χ0n) is 13.9. The minimum atomic E-state index is -1.01. The Balaban J connectivity index is 2.18. The maximum absolute atomic E-state index is 12.5. The number of likely N-dealkylation sites (tertiary alicyclic amines) is 1. The molecule has 1 aliphatic heterocycles. The molecule has 1 saturated heterocycles. The van der Waals surface area contributed by atoms with Gasteiger partial charge in [0, 0.05) is 31.3 Å². The monoisotopic (exact) mass is 331 g/mol. The van der Waals surface area contributed by atoms with E-state index in [4.69, 9.17) is 9.94 Å². The van der Waals surface area contributed by atoms with Crippen molar-refractivity contribution in [3.63, 3.8) is 0 Å². The highest BCUT2D eigenvalue weighted by molar-refractivity contribution is 5.98. The number of ether oxygens (including phenoxy) is 1. The molecule has 0 bridgehead atoms. The van der Waals surface area contributed by atoms with Crippen molar-refractivity contribution in [2.75, 3.05) is 27.2 Å². The second kappa shape index (κ2) is 7.45. The Bertz CT molecular complexity index is 669. The molecule has 128 valence electrons. The van der Waals surface area contributed by atoms with Gasteiger partial charge in [-0.05, 0) is 38.2 Å². The zero-order chi connectivity index (χ0) is 17.7. The molecule has 0 saturated carbocycles. The summed E-state index contributed by atoms with van der Waals surface area (Å²) in [6.45, 7) is 2.67. The molecule has 1 aromatic carbocycles. The molecule has 0 aliphatic carbocycles. The van der Waals surface area contributed by atoms with E-state index >= 15 is 0 Å². The van der Waals surface area contributed by atoms with Crippen LogP contribution >= 0.6 is 0 Å². The number of amides is 2. The molecule has 1 fully saturated rings. The van der Waals surface area contributed by atoms with Gasteiger partial charge in [0.2, 0.25) is 0 Å². The van der Waals surface area contributed by atoms with E-state index in [1.807, 2.05) is 11.9 Å². The fraction of sp³-hybridized carbons (Fsp3) is 0.412. The Morgan fingerprint density at radius 3 is 2.42 bits per heavy atom. The molecule has 2 amide bonds. The van der Waals surface area contributed by atoms with Gasteiger partial charge in [0.05, 0.1) is 0 Å². The number of carbonyl (C=O) groups is 2. The van der Waals surface area contributed by atoms with E-state index in [9.17, 15) is 9.59 Å². The summed E-state index contributed by atoms with van der Waals surface area (Å²) < 4.78 is 5.47. The van der Waals surface area contributed by atoms with E-state index < -0.39 is 23.5 Å². The van der Waals surface area contributed by atoms with Crippen LogP contribution < -0.4 is 10.8 Å². The first-order chi connectivity index (χ1) is 11.5. The van der Waals surface area contributed by atoms with E-state index in [0.717, 1.165) is 5.56 Å². The summed E-state index contributed by atoms with van der Waals surface area (Å²) in [5.74, 6) is 4.53. The summed E-state index contributed by atoms with van der Waals surface area (Å²) in [5, 5.41) is 11.6. The van der Waals surface area contributed by atoms with Crippen LogP contribution in [0.1, 0.15) is 22.8 Å². The lowest BCUT2D eigenvalue weighted by Crippen LogP contribution is -2.74. The number of nitrogens with one attached hydrogen (secondary N) is 2. The third-order valence-corrected chi connectivity index (χ3v) is 4.07. The van der Waals surface area contributed by atoms with Gasteiger partial charge in [0.15, 0.2) is 0 Å². The van der Waals surface area contributed by atoms with Crippen molar-refractivity contribution in [2.24, 2.45) is 0 Å². The third-order valence-electron chi connectivity index (χ3n) is 4.07. The average molecular weight is 331 g/mol. The number of hydrogen-bond acceptors (Lipinski definition) is 5. The maximum atomic E-state index is 12.5. The second-order valence-corrected chi connectivity index (χ2v) is 5.78. The lowest BCUT2D eigenvalue weighted by molar-refractivity contribution is -0.160. The van der Waals surface area contributed by atoms with E-state index in [1.165, 1.54) is 7.11 Å². The van der Waals surface area contributed by atoms with Crippen molar-refractivity contribution in [1.82, 2.24) is 15.7 Å². The smallest absolute Gasteiger partial charge is 0.269 e. The lowest BCUT2D eigenvalue weighted by atomic mass is 9.85. The summed E-state index contributed by atoms with van der Waals surface area (Å²) in [6.07, 6.45) is 0. The third kappa shape index (κ3) is 3.57. The molecule has 7 heteroatoms. The standard InChI is InChI=1S/C17H21N3O4/c1-4-5-12-6-8-13(9-7-12)15(21)18-14(16(22)19-23)17(24-3)10-20(2)11-17/h6-9,14,23H,10-11H2,1-3H3,(H,18,21)(H,19,22). The summed E-state index contributed by atoms with van der Waals surface area (Å²) in [6, 6.07) is 5.72. The van der Waals surface area contributed by atoms with Crippen LogP contribution in [0, 0.1) is 11.8 Å². The number of carbonyl (C=O) groups excluding carboxylic acids is 2. The van der Waals surface area contributed by atoms with Gasteiger partial charge in [-0.3, -0.25) is 14.8 Å². The molecule has 0 radical (unpaired) electrons. The first-order valence-electron chi connectivity index (χ1n) is 7.47. The number of methoxy groups -OCH3 is 1. The van der Waals surface area contributed by atoms with Crippen LogP contribution in [-0.4, -0.2) is 60.8 Å². The lowest BCUT2D eigenvalue weighted by Gasteiger charge is -2.50. The summed E-state index contributed by atoms with van der Waals surface area (Å²) in [5.41, 5.74) is 1.92. The van der Waals surface area contributed by atoms with Crippen molar-refractivity contribution in [1.29, 1.82) is 0 Å². The quantitative estimate of drug-likeness (QED) is 0.401. The highest BCUT2D eigenvalue weighted by atomic mass is 16.5. The van der Waals surface area contributed by atoms with Gasteiger partial charge in [-0.25, -0.2) is 5.48 Å². The van der Waals surface area contributed by atoms with Crippen LogP contribution in [0.15, 0.2) is 24.3 Å². The summed E-state index contributed by atoms with van der Waals surface area (Å²) >= 11 is 0. The van der Waals surface area contributed by atoms with Crippen LogP contribution in [0.4, 0.5) is 0 Å². The summed E-state index contributed by atoms with van der Waals surface area (Å²) in [4.78, 5) is 26.4. The van der Waals surface area contributed by atoms with Gasteiger partial charge in [-0.2, -0.15) is 0 Å². The normalized spacial score (nSPS) is 17.0. The first-order valence-corrected chi connectivity index (χ1v) is 7.47. The summed E-state index contributed by atoms with van der Waals surface area (Å²) in [7, 11) is 3.36. The van der Waals surface area contributed by atoms with Gasteiger partial charge in [-0.1, -0.05) is 5.92 Å². The number of benzene rings is 1. The van der Waals surface area contributed by atoms with Crippen molar-refractivity contribution in [3.05, 3.63) is 35.4 Å². The minimum Gasteiger partial charge on any atom is -0.373 e. The predicted octanol–water partition coefficient (Wildman–Crippen LogP) is -0.00760. The molecule has 7 nitrogen and oxygen atoms in total. The predicted molar refractivity (Wildman–Crippen MR) is 87.4 cm³/mol. The molecule has 1 unspecified atom stereocenters. The Kier molecular flexibility index (Phi) is 5.57. The Morgan fingerprint density at radius 1 is 1.33 bits per heavy atom. The number of hydroxylamine groups is 1. The van der Waals surface area contributed by atoms with E-state index in [0.29, 0.717) is 18.7 Å². The molecule has 24 heavy (non-hydrogen) atoms. The van der Waals surface area contributed by atoms with Crippen LogP contribution in [-0.2, 0) is 9.53 Å². The molecule has 1 heterocycles. The molecular formula is C17H21N3O4.